The second kappa shape index (κ2) is 6.61. The summed E-state index contributed by atoms with van der Waals surface area (Å²) in [6, 6.07) is 8.00. The molecule has 0 atom stereocenters. The zero-order chi connectivity index (χ0) is 15.4. The second-order valence-corrected chi connectivity index (χ2v) is 5.60. The molecule has 1 heterocycles. The number of carboxylic acid groups (broad SMARTS) is 1. The maximum atomic E-state index is 12.4. The summed E-state index contributed by atoms with van der Waals surface area (Å²) in [5, 5.41) is 8.74. The lowest BCUT2D eigenvalue weighted by Gasteiger charge is -2.23. The molecular weight excluding hydrogens is 268 g/mol. The Kier molecular flexibility index (Phi) is 4.83. The van der Waals surface area contributed by atoms with E-state index >= 15 is 0 Å². The average Bonchev–Trinajstić information content (AvgIpc) is 2.81. The third kappa shape index (κ3) is 3.54. The number of para-hydroxylation sites is 1. The van der Waals surface area contributed by atoms with Crippen LogP contribution in [0.3, 0.4) is 0 Å². The number of hydrogen-bond acceptors (Lipinski definition) is 2. The number of carboxylic acids is 1. The highest BCUT2D eigenvalue weighted by Crippen LogP contribution is 2.26. The summed E-state index contributed by atoms with van der Waals surface area (Å²) < 4.78 is 0. The van der Waals surface area contributed by atoms with Crippen molar-refractivity contribution in [3.05, 3.63) is 29.8 Å². The Hall–Kier alpha value is -2.04. The number of nitrogens with zero attached hydrogens (tertiary/aromatic N) is 2. The smallest absolute Gasteiger partial charge is 0.324 e. The van der Waals surface area contributed by atoms with Crippen LogP contribution in [0.4, 0.5) is 10.5 Å². The van der Waals surface area contributed by atoms with E-state index in [2.05, 4.69) is 0 Å². The Bertz CT molecular complexity index is 528. The van der Waals surface area contributed by atoms with Crippen molar-refractivity contribution in [2.45, 2.75) is 39.2 Å². The molecule has 0 unspecified atom stereocenters. The topological polar surface area (TPSA) is 60.9 Å². The van der Waals surface area contributed by atoms with Gasteiger partial charge in [-0.15, -0.1) is 0 Å². The van der Waals surface area contributed by atoms with E-state index in [4.69, 9.17) is 5.11 Å². The molecule has 5 heteroatoms. The first kappa shape index (κ1) is 15.4. The van der Waals surface area contributed by atoms with Crippen LogP contribution in [0.15, 0.2) is 24.3 Å². The number of hydrogen-bond donors (Lipinski definition) is 1. The molecule has 1 aromatic carbocycles. The van der Waals surface area contributed by atoms with Crippen molar-refractivity contribution >= 4 is 17.7 Å². The van der Waals surface area contributed by atoms with Crippen LogP contribution in [0.1, 0.15) is 32.3 Å². The predicted octanol–water partition coefficient (Wildman–Crippen LogP) is 2.74. The van der Waals surface area contributed by atoms with Crippen molar-refractivity contribution in [1.82, 2.24) is 4.90 Å². The van der Waals surface area contributed by atoms with Gasteiger partial charge in [0, 0.05) is 31.2 Å². The molecule has 21 heavy (non-hydrogen) atoms. The van der Waals surface area contributed by atoms with E-state index in [9.17, 15) is 9.59 Å². The van der Waals surface area contributed by atoms with Crippen LogP contribution in [0.25, 0.3) is 0 Å². The van der Waals surface area contributed by atoms with Gasteiger partial charge in [0.2, 0.25) is 0 Å². The third-order valence-electron chi connectivity index (χ3n) is 3.78. The average molecular weight is 290 g/mol. The number of carbonyl (C=O) groups excluding carboxylic acids is 1. The van der Waals surface area contributed by atoms with Gasteiger partial charge in [0.1, 0.15) is 0 Å². The minimum atomic E-state index is -0.782. The Labute approximate surface area is 125 Å². The number of rotatable bonds is 6. The summed E-state index contributed by atoms with van der Waals surface area (Å²) in [7, 11) is 0. The van der Waals surface area contributed by atoms with E-state index in [1.54, 1.807) is 4.90 Å². The van der Waals surface area contributed by atoms with Gasteiger partial charge in [-0.25, -0.2) is 4.79 Å². The highest BCUT2D eigenvalue weighted by Gasteiger charge is 2.31. The molecule has 0 spiro atoms. The first-order valence-electron chi connectivity index (χ1n) is 7.38. The first-order chi connectivity index (χ1) is 10.0. The van der Waals surface area contributed by atoms with E-state index < -0.39 is 5.97 Å². The van der Waals surface area contributed by atoms with Crippen molar-refractivity contribution in [2.75, 3.05) is 18.0 Å². The minimum Gasteiger partial charge on any atom is -0.481 e. The second-order valence-electron chi connectivity index (χ2n) is 5.60. The van der Waals surface area contributed by atoms with Crippen LogP contribution in [-0.2, 0) is 11.2 Å². The summed E-state index contributed by atoms with van der Waals surface area (Å²) >= 11 is 0. The molecule has 114 valence electrons. The first-order valence-corrected chi connectivity index (χ1v) is 7.38. The fourth-order valence-corrected chi connectivity index (χ4v) is 2.67. The molecule has 0 saturated carbocycles. The molecule has 0 radical (unpaired) electrons. The van der Waals surface area contributed by atoms with Crippen molar-refractivity contribution < 1.29 is 14.7 Å². The highest BCUT2D eigenvalue weighted by atomic mass is 16.4. The number of aliphatic carboxylic acids is 1. The zero-order valence-electron chi connectivity index (χ0n) is 12.6. The number of aryl methyl sites for hydroxylation is 1. The van der Waals surface area contributed by atoms with E-state index in [-0.39, 0.29) is 18.5 Å². The molecule has 0 bridgehead atoms. The van der Waals surface area contributed by atoms with E-state index in [0.717, 1.165) is 17.8 Å². The number of carbonyl (C=O) groups is 2. The molecule has 5 nitrogen and oxygen atoms in total. The highest BCUT2D eigenvalue weighted by molar-refractivity contribution is 5.95. The number of urea groups is 1. The fraction of sp³-hybridized carbons (Fsp3) is 0.500. The van der Waals surface area contributed by atoms with Gasteiger partial charge in [-0.2, -0.15) is 0 Å². The monoisotopic (exact) mass is 290 g/mol. The van der Waals surface area contributed by atoms with Gasteiger partial charge < -0.3 is 10.0 Å². The molecule has 1 fully saturated rings. The molecule has 1 saturated heterocycles. The summed E-state index contributed by atoms with van der Waals surface area (Å²) in [4.78, 5) is 26.7. The largest absolute Gasteiger partial charge is 0.481 e. The van der Waals surface area contributed by atoms with Crippen LogP contribution >= 0.6 is 0 Å². The van der Waals surface area contributed by atoms with Crippen LogP contribution in [0.2, 0.25) is 0 Å². The normalized spacial score (nSPS) is 15.1. The van der Waals surface area contributed by atoms with Gasteiger partial charge in [-0.1, -0.05) is 18.2 Å². The molecule has 0 aliphatic carbocycles. The summed E-state index contributed by atoms with van der Waals surface area (Å²) in [5.74, 6) is -0.782. The van der Waals surface area contributed by atoms with Crippen LogP contribution in [0, 0.1) is 0 Å². The maximum absolute atomic E-state index is 12.4. The lowest BCUT2D eigenvalue weighted by Crippen LogP contribution is -2.36. The minimum absolute atomic E-state index is 0.0377. The predicted molar refractivity (Wildman–Crippen MR) is 81.6 cm³/mol. The maximum Gasteiger partial charge on any atom is 0.324 e. The number of benzene rings is 1. The Morgan fingerprint density at radius 2 is 2.00 bits per heavy atom. The van der Waals surface area contributed by atoms with Gasteiger partial charge in [0.15, 0.2) is 0 Å². The van der Waals surface area contributed by atoms with Gasteiger partial charge in [-0.3, -0.25) is 9.69 Å². The quantitative estimate of drug-likeness (QED) is 0.876. The molecule has 1 N–H and O–H groups in total. The van der Waals surface area contributed by atoms with Crippen molar-refractivity contribution in [2.24, 2.45) is 0 Å². The van der Waals surface area contributed by atoms with Crippen molar-refractivity contribution in [3.63, 3.8) is 0 Å². The number of amides is 2. The molecule has 2 amide bonds. The number of anilines is 1. The summed E-state index contributed by atoms with van der Waals surface area (Å²) in [6.07, 6.45) is 1.41. The Morgan fingerprint density at radius 1 is 1.29 bits per heavy atom. The molecule has 1 aliphatic heterocycles. The molecule has 0 aromatic heterocycles. The van der Waals surface area contributed by atoms with Crippen LogP contribution < -0.4 is 4.90 Å². The van der Waals surface area contributed by atoms with E-state index in [0.29, 0.717) is 19.4 Å². The molecular formula is C16H22N2O3. The van der Waals surface area contributed by atoms with E-state index in [1.165, 1.54) is 0 Å². The standard InChI is InChI=1S/C16H22N2O3/c1-12(2)17-10-11-18(16(17)21)14-8-4-3-6-13(14)7-5-9-15(19)20/h3-4,6,8,12H,5,7,9-11H2,1-2H3,(H,19,20). The lowest BCUT2D eigenvalue weighted by molar-refractivity contribution is -0.137. The SMILES string of the molecule is CC(C)N1CCN(c2ccccc2CCCC(=O)O)C1=O. The summed E-state index contributed by atoms with van der Waals surface area (Å²) in [5.41, 5.74) is 1.95. The van der Waals surface area contributed by atoms with Crippen LogP contribution in [-0.4, -0.2) is 41.1 Å². The molecule has 1 aliphatic rings. The fourth-order valence-electron chi connectivity index (χ4n) is 2.67. The Morgan fingerprint density at radius 3 is 2.62 bits per heavy atom. The summed E-state index contributed by atoms with van der Waals surface area (Å²) in [6.45, 7) is 5.45. The van der Waals surface area contributed by atoms with Gasteiger partial charge in [0.05, 0.1) is 0 Å². The molecule has 2 rings (SSSR count). The van der Waals surface area contributed by atoms with Crippen LogP contribution in [0.5, 0.6) is 0 Å². The lowest BCUT2D eigenvalue weighted by atomic mass is 10.1. The van der Waals surface area contributed by atoms with Crippen molar-refractivity contribution in [1.29, 1.82) is 0 Å². The molecule has 1 aromatic rings. The van der Waals surface area contributed by atoms with E-state index in [1.807, 2.05) is 43.0 Å². The third-order valence-corrected chi connectivity index (χ3v) is 3.78. The zero-order valence-corrected chi connectivity index (χ0v) is 12.6. The van der Waals surface area contributed by atoms with Gasteiger partial charge in [-0.05, 0) is 38.3 Å². The van der Waals surface area contributed by atoms with Gasteiger partial charge >= 0.3 is 12.0 Å². The van der Waals surface area contributed by atoms with Gasteiger partial charge in [0.25, 0.3) is 0 Å². The van der Waals surface area contributed by atoms with Crippen molar-refractivity contribution in [3.8, 4) is 0 Å². The Balaban J connectivity index is 2.13.